The summed E-state index contributed by atoms with van der Waals surface area (Å²) in [5.41, 5.74) is 5.80. The molecular weight excluding hydrogens is 279 g/mol. The predicted molar refractivity (Wildman–Crippen MR) is 75.3 cm³/mol. The lowest BCUT2D eigenvalue weighted by atomic mass is 10.3. The van der Waals surface area contributed by atoms with Gasteiger partial charge in [-0.2, -0.15) is 0 Å². The van der Waals surface area contributed by atoms with Crippen LogP contribution in [-0.4, -0.2) is 11.0 Å². The Bertz CT molecular complexity index is 643. The first kappa shape index (κ1) is 14.3. The van der Waals surface area contributed by atoms with Gasteiger partial charge in [0.15, 0.2) is 0 Å². The normalized spacial score (nSPS) is 9.76. The topological polar surface area (TPSA) is 96.3 Å². The molecular formula is C13H11FN4O3. The Balaban J connectivity index is 1.86. The van der Waals surface area contributed by atoms with Crippen molar-refractivity contribution >= 4 is 23.1 Å². The molecule has 0 aromatic heterocycles. The van der Waals surface area contributed by atoms with E-state index in [2.05, 4.69) is 16.2 Å². The lowest BCUT2D eigenvalue weighted by Gasteiger charge is -2.09. The molecule has 2 amide bonds. The molecule has 0 saturated carbocycles. The van der Waals surface area contributed by atoms with Crippen molar-refractivity contribution in [2.75, 3.05) is 10.7 Å². The van der Waals surface area contributed by atoms with E-state index in [1.807, 2.05) is 0 Å². The molecule has 0 spiro atoms. The molecule has 0 aliphatic carbocycles. The van der Waals surface area contributed by atoms with Crippen LogP contribution in [0, 0.1) is 15.9 Å². The summed E-state index contributed by atoms with van der Waals surface area (Å²) >= 11 is 0. The summed E-state index contributed by atoms with van der Waals surface area (Å²) < 4.78 is 12.7. The SMILES string of the molecule is O=C(NNc1ccc([N+](=O)[O-])cc1)Nc1ccc(F)cc1. The van der Waals surface area contributed by atoms with E-state index in [-0.39, 0.29) is 5.69 Å². The smallest absolute Gasteiger partial charge is 0.307 e. The Labute approximate surface area is 118 Å². The molecule has 108 valence electrons. The van der Waals surface area contributed by atoms with Crippen LogP contribution in [0.4, 0.5) is 26.2 Å². The number of hydrogen-bond acceptors (Lipinski definition) is 4. The lowest BCUT2D eigenvalue weighted by Crippen LogP contribution is -2.33. The zero-order chi connectivity index (χ0) is 15.2. The molecule has 0 unspecified atom stereocenters. The van der Waals surface area contributed by atoms with E-state index in [9.17, 15) is 19.3 Å². The molecule has 0 saturated heterocycles. The number of nitrogens with zero attached hydrogens (tertiary/aromatic N) is 1. The van der Waals surface area contributed by atoms with Gasteiger partial charge in [-0.1, -0.05) is 0 Å². The fraction of sp³-hybridized carbons (Fsp3) is 0. The zero-order valence-electron chi connectivity index (χ0n) is 10.7. The molecule has 0 heterocycles. The number of rotatable bonds is 4. The molecule has 8 heteroatoms. The fourth-order valence-corrected chi connectivity index (χ4v) is 1.49. The van der Waals surface area contributed by atoms with Crippen LogP contribution in [0.25, 0.3) is 0 Å². The van der Waals surface area contributed by atoms with Crippen LogP contribution < -0.4 is 16.2 Å². The number of halogens is 1. The summed E-state index contributed by atoms with van der Waals surface area (Å²) in [4.78, 5) is 21.5. The first-order valence-electron chi connectivity index (χ1n) is 5.87. The van der Waals surface area contributed by atoms with Crippen LogP contribution >= 0.6 is 0 Å². The number of carbonyl (C=O) groups excluding carboxylic acids is 1. The van der Waals surface area contributed by atoms with E-state index in [1.165, 1.54) is 48.5 Å². The average molecular weight is 290 g/mol. The van der Waals surface area contributed by atoms with E-state index < -0.39 is 16.8 Å². The molecule has 0 aliphatic rings. The van der Waals surface area contributed by atoms with Crippen LogP contribution in [0.2, 0.25) is 0 Å². The summed E-state index contributed by atoms with van der Waals surface area (Å²) in [6.07, 6.45) is 0. The van der Waals surface area contributed by atoms with Gasteiger partial charge in [0.25, 0.3) is 5.69 Å². The maximum Gasteiger partial charge on any atom is 0.337 e. The monoisotopic (exact) mass is 290 g/mol. The minimum absolute atomic E-state index is 0.0451. The van der Waals surface area contributed by atoms with E-state index in [0.717, 1.165) is 0 Å². The largest absolute Gasteiger partial charge is 0.337 e. The Kier molecular flexibility index (Phi) is 4.30. The number of non-ortho nitro benzene ring substituents is 1. The molecule has 3 N–H and O–H groups in total. The van der Waals surface area contributed by atoms with Crippen LogP contribution in [0.3, 0.4) is 0 Å². The third-order valence-corrected chi connectivity index (χ3v) is 2.50. The maximum atomic E-state index is 12.7. The van der Waals surface area contributed by atoms with Gasteiger partial charge in [-0.15, -0.1) is 0 Å². The van der Waals surface area contributed by atoms with E-state index >= 15 is 0 Å². The van der Waals surface area contributed by atoms with Crippen molar-refractivity contribution in [3.63, 3.8) is 0 Å². The minimum Gasteiger partial charge on any atom is -0.307 e. The molecule has 0 fully saturated rings. The number of anilines is 2. The van der Waals surface area contributed by atoms with Crippen molar-refractivity contribution in [3.05, 3.63) is 64.5 Å². The molecule has 0 aliphatic heterocycles. The summed E-state index contributed by atoms with van der Waals surface area (Å²) in [5, 5.41) is 13.0. The molecule has 2 rings (SSSR count). The third kappa shape index (κ3) is 4.16. The number of hydrazine groups is 1. The first-order valence-corrected chi connectivity index (χ1v) is 5.87. The second kappa shape index (κ2) is 6.33. The van der Waals surface area contributed by atoms with Crippen molar-refractivity contribution in [2.45, 2.75) is 0 Å². The van der Waals surface area contributed by atoms with E-state index in [1.54, 1.807) is 0 Å². The predicted octanol–water partition coefficient (Wildman–Crippen LogP) is 2.88. The molecule has 0 radical (unpaired) electrons. The van der Waals surface area contributed by atoms with Crippen molar-refractivity contribution in [2.24, 2.45) is 0 Å². The Morgan fingerprint density at radius 1 is 1.00 bits per heavy atom. The number of urea groups is 1. The highest BCUT2D eigenvalue weighted by atomic mass is 19.1. The standard InChI is InChI=1S/C13H11FN4O3/c14-9-1-3-10(4-2-9)15-13(19)17-16-11-5-7-12(8-6-11)18(20)21/h1-8,16H,(H2,15,17,19). The first-order chi connectivity index (χ1) is 10.0. The number of carbonyl (C=O) groups is 1. The minimum atomic E-state index is -0.556. The van der Waals surface area contributed by atoms with Gasteiger partial charge in [-0.25, -0.2) is 9.18 Å². The van der Waals surface area contributed by atoms with Gasteiger partial charge in [0, 0.05) is 17.8 Å². The molecule has 7 nitrogen and oxygen atoms in total. The summed E-state index contributed by atoms with van der Waals surface area (Å²) in [6, 6.07) is 10.2. The van der Waals surface area contributed by atoms with Crippen LogP contribution in [-0.2, 0) is 0 Å². The third-order valence-electron chi connectivity index (χ3n) is 2.50. The molecule has 21 heavy (non-hydrogen) atoms. The highest BCUT2D eigenvalue weighted by Gasteiger charge is 2.05. The highest BCUT2D eigenvalue weighted by molar-refractivity contribution is 5.89. The van der Waals surface area contributed by atoms with Gasteiger partial charge in [0.1, 0.15) is 5.82 Å². The quantitative estimate of drug-likeness (QED) is 0.596. The van der Waals surface area contributed by atoms with Gasteiger partial charge in [0.05, 0.1) is 10.6 Å². The van der Waals surface area contributed by atoms with E-state index in [4.69, 9.17) is 0 Å². The average Bonchev–Trinajstić information content (AvgIpc) is 2.48. The second-order valence-corrected chi connectivity index (χ2v) is 4.02. The Morgan fingerprint density at radius 3 is 2.14 bits per heavy atom. The highest BCUT2D eigenvalue weighted by Crippen LogP contribution is 2.14. The Hall–Kier alpha value is -3.16. The van der Waals surface area contributed by atoms with E-state index in [0.29, 0.717) is 11.4 Å². The van der Waals surface area contributed by atoms with Gasteiger partial charge in [0.2, 0.25) is 0 Å². The van der Waals surface area contributed by atoms with Gasteiger partial charge < -0.3 is 5.32 Å². The van der Waals surface area contributed by atoms with Crippen LogP contribution in [0.5, 0.6) is 0 Å². The van der Waals surface area contributed by atoms with Crippen LogP contribution in [0.15, 0.2) is 48.5 Å². The maximum absolute atomic E-state index is 12.7. The van der Waals surface area contributed by atoms with Crippen LogP contribution in [0.1, 0.15) is 0 Å². The molecule has 0 atom stereocenters. The molecule has 2 aromatic carbocycles. The number of amides is 2. The van der Waals surface area contributed by atoms with Crippen molar-refractivity contribution in [1.29, 1.82) is 0 Å². The fourth-order valence-electron chi connectivity index (χ4n) is 1.49. The second-order valence-electron chi connectivity index (χ2n) is 4.02. The number of nitro groups is 1. The lowest BCUT2D eigenvalue weighted by molar-refractivity contribution is -0.384. The number of nitro benzene ring substituents is 1. The van der Waals surface area contributed by atoms with Crippen molar-refractivity contribution < 1.29 is 14.1 Å². The summed E-state index contributed by atoms with van der Waals surface area (Å²) in [6.45, 7) is 0. The van der Waals surface area contributed by atoms with Crippen molar-refractivity contribution in [1.82, 2.24) is 5.43 Å². The van der Waals surface area contributed by atoms with Gasteiger partial charge in [-0.05, 0) is 36.4 Å². The number of nitrogens with one attached hydrogen (secondary N) is 3. The Morgan fingerprint density at radius 2 is 1.57 bits per heavy atom. The molecule has 2 aromatic rings. The van der Waals surface area contributed by atoms with Gasteiger partial charge in [-0.3, -0.25) is 21.0 Å². The number of benzene rings is 2. The molecule has 0 bridgehead atoms. The zero-order valence-corrected chi connectivity index (χ0v) is 10.7. The van der Waals surface area contributed by atoms with Gasteiger partial charge >= 0.3 is 6.03 Å². The summed E-state index contributed by atoms with van der Waals surface area (Å²) in [7, 11) is 0. The number of hydrogen-bond donors (Lipinski definition) is 3. The summed E-state index contributed by atoms with van der Waals surface area (Å²) in [5.74, 6) is -0.398. The van der Waals surface area contributed by atoms with Crippen molar-refractivity contribution in [3.8, 4) is 0 Å².